The van der Waals surface area contributed by atoms with Crippen molar-refractivity contribution < 1.29 is 9.47 Å². The van der Waals surface area contributed by atoms with E-state index >= 15 is 0 Å². The minimum Gasteiger partial charge on any atom is -0.496 e. The maximum Gasteiger partial charge on any atom is 0.136 e. The van der Waals surface area contributed by atoms with Gasteiger partial charge in [-0.2, -0.15) is 5.26 Å². The summed E-state index contributed by atoms with van der Waals surface area (Å²) in [7, 11) is 3.21. The number of nitriles is 1. The Bertz CT molecular complexity index is 881. The highest BCUT2D eigenvalue weighted by Crippen LogP contribution is 2.35. The molecular weight excluding hydrogens is 370 g/mol. The topological polar surface area (TPSA) is 70.9 Å². The van der Waals surface area contributed by atoms with E-state index in [2.05, 4.69) is 32.0 Å². The number of para-hydroxylation sites is 2. The Hall–Kier alpha value is -2.52. The van der Waals surface area contributed by atoms with Crippen LogP contribution in [0.15, 0.2) is 40.9 Å². The van der Waals surface area contributed by atoms with Crippen molar-refractivity contribution in [3.63, 3.8) is 0 Å². The highest BCUT2D eigenvalue weighted by molar-refractivity contribution is 9.10. The Balaban J connectivity index is 1.96. The lowest BCUT2D eigenvalue weighted by Gasteiger charge is -2.14. The summed E-state index contributed by atoms with van der Waals surface area (Å²) in [5.74, 6) is 1.64. The van der Waals surface area contributed by atoms with Crippen molar-refractivity contribution in [1.29, 1.82) is 5.26 Å². The van der Waals surface area contributed by atoms with Crippen LogP contribution >= 0.6 is 15.9 Å². The van der Waals surface area contributed by atoms with Crippen LogP contribution in [0.3, 0.4) is 0 Å². The van der Waals surface area contributed by atoms with E-state index < -0.39 is 5.92 Å². The van der Waals surface area contributed by atoms with Gasteiger partial charge in [-0.25, -0.2) is 4.98 Å². The zero-order chi connectivity index (χ0) is 17.1. The average Bonchev–Trinajstić information content (AvgIpc) is 3.03. The molecule has 0 saturated heterocycles. The molecule has 0 fully saturated rings. The van der Waals surface area contributed by atoms with Gasteiger partial charge in [0.2, 0.25) is 0 Å². The van der Waals surface area contributed by atoms with Crippen molar-refractivity contribution >= 4 is 27.0 Å². The number of nitrogens with zero attached hydrogens (tertiary/aromatic N) is 2. The van der Waals surface area contributed by atoms with Gasteiger partial charge in [0.25, 0.3) is 0 Å². The molecule has 1 unspecified atom stereocenters. The number of rotatable bonds is 5. The number of hydrogen-bond acceptors (Lipinski definition) is 4. The number of fused-ring (bicyclic) bond motifs is 1. The van der Waals surface area contributed by atoms with Crippen molar-refractivity contribution in [3.8, 4) is 17.6 Å². The van der Waals surface area contributed by atoms with Gasteiger partial charge in [-0.15, -0.1) is 0 Å². The van der Waals surface area contributed by atoms with Gasteiger partial charge < -0.3 is 14.5 Å². The van der Waals surface area contributed by atoms with Crippen LogP contribution in [-0.2, 0) is 6.42 Å². The van der Waals surface area contributed by atoms with Gasteiger partial charge in [0.1, 0.15) is 23.2 Å². The first kappa shape index (κ1) is 16.3. The number of hydrogen-bond donors (Lipinski definition) is 1. The van der Waals surface area contributed by atoms with Crippen LogP contribution in [0.4, 0.5) is 0 Å². The molecule has 1 atom stereocenters. The first-order valence-corrected chi connectivity index (χ1v) is 8.20. The Labute approximate surface area is 148 Å². The molecular formula is C18H16BrN3O2. The Morgan fingerprint density at radius 2 is 1.96 bits per heavy atom. The van der Waals surface area contributed by atoms with E-state index in [0.29, 0.717) is 23.7 Å². The molecule has 3 aromatic rings. The van der Waals surface area contributed by atoms with Crippen LogP contribution < -0.4 is 9.47 Å². The highest BCUT2D eigenvalue weighted by atomic mass is 79.9. The number of aromatic nitrogens is 2. The normalized spacial score (nSPS) is 11.9. The molecule has 0 amide bonds. The summed E-state index contributed by atoms with van der Waals surface area (Å²) in [5, 5.41) is 9.61. The second-order valence-electron chi connectivity index (χ2n) is 5.32. The van der Waals surface area contributed by atoms with E-state index in [0.717, 1.165) is 21.1 Å². The third-order valence-corrected chi connectivity index (χ3v) is 4.49. The zero-order valence-corrected chi connectivity index (χ0v) is 14.9. The second-order valence-corrected chi connectivity index (χ2v) is 6.18. The molecule has 122 valence electrons. The summed E-state index contributed by atoms with van der Waals surface area (Å²) in [6.45, 7) is 0. The standard InChI is InChI=1S/C18H16BrN3O2/c1-23-16-9-17(24-2)13(19)8-11(16)7-12(10-20)18-21-14-5-3-4-6-15(14)22-18/h3-6,8-9,12H,7H2,1-2H3,(H,21,22). The van der Waals surface area contributed by atoms with E-state index in [4.69, 9.17) is 9.47 Å². The number of halogens is 1. The van der Waals surface area contributed by atoms with Gasteiger partial charge in [-0.05, 0) is 46.1 Å². The summed E-state index contributed by atoms with van der Waals surface area (Å²) < 4.78 is 11.6. The van der Waals surface area contributed by atoms with Crippen molar-refractivity contribution in [2.75, 3.05) is 14.2 Å². The molecule has 0 bridgehead atoms. The molecule has 6 heteroatoms. The SMILES string of the molecule is COc1cc(OC)c(CC(C#N)c2nc3ccccc3[nH]2)cc1Br. The fraction of sp³-hybridized carbons (Fsp3) is 0.222. The molecule has 1 heterocycles. The first-order chi connectivity index (χ1) is 11.7. The fourth-order valence-corrected chi connectivity index (χ4v) is 3.20. The molecule has 5 nitrogen and oxygen atoms in total. The maximum atomic E-state index is 9.61. The van der Waals surface area contributed by atoms with Crippen LogP contribution in [0.1, 0.15) is 17.3 Å². The summed E-state index contributed by atoms with van der Waals surface area (Å²) in [5.41, 5.74) is 2.70. The van der Waals surface area contributed by atoms with Crippen LogP contribution in [0.2, 0.25) is 0 Å². The number of benzene rings is 2. The van der Waals surface area contributed by atoms with E-state index in [1.54, 1.807) is 14.2 Å². The van der Waals surface area contributed by atoms with Crippen LogP contribution in [0.5, 0.6) is 11.5 Å². The number of ether oxygens (including phenoxy) is 2. The second kappa shape index (κ2) is 6.93. The number of aromatic amines is 1. The minimum atomic E-state index is -0.397. The molecule has 0 radical (unpaired) electrons. The lowest BCUT2D eigenvalue weighted by Crippen LogP contribution is -2.05. The van der Waals surface area contributed by atoms with Gasteiger partial charge in [0.15, 0.2) is 0 Å². The van der Waals surface area contributed by atoms with Crippen molar-refractivity contribution in [2.45, 2.75) is 12.3 Å². The first-order valence-electron chi connectivity index (χ1n) is 7.41. The summed E-state index contributed by atoms with van der Waals surface area (Å²) in [4.78, 5) is 7.77. The lowest BCUT2D eigenvalue weighted by molar-refractivity contribution is 0.389. The molecule has 0 saturated carbocycles. The van der Waals surface area contributed by atoms with Crippen molar-refractivity contribution in [2.24, 2.45) is 0 Å². The Kier molecular flexibility index (Phi) is 4.72. The predicted molar refractivity (Wildman–Crippen MR) is 95.4 cm³/mol. The summed E-state index contributed by atoms with van der Waals surface area (Å²) in [6.07, 6.45) is 0.488. The van der Waals surface area contributed by atoms with E-state index in [-0.39, 0.29) is 0 Å². The highest BCUT2D eigenvalue weighted by Gasteiger charge is 2.19. The average molecular weight is 386 g/mol. The van der Waals surface area contributed by atoms with Gasteiger partial charge in [-0.3, -0.25) is 0 Å². The molecule has 0 aliphatic rings. The van der Waals surface area contributed by atoms with E-state index in [1.807, 2.05) is 36.4 Å². The van der Waals surface area contributed by atoms with E-state index in [1.165, 1.54) is 0 Å². The number of imidazole rings is 1. The smallest absolute Gasteiger partial charge is 0.136 e. The number of H-pyrrole nitrogens is 1. The van der Waals surface area contributed by atoms with Gasteiger partial charge in [0.05, 0.1) is 35.8 Å². The molecule has 0 spiro atoms. The Morgan fingerprint density at radius 3 is 2.62 bits per heavy atom. The van der Waals surface area contributed by atoms with Crippen molar-refractivity contribution in [3.05, 3.63) is 52.3 Å². The molecule has 0 aliphatic carbocycles. The predicted octanol–water partition coefficient (Wildman–Crippen LogP) is 4.19. The van der Waals surface area contributed by atoms with Gasteiger partial charge in [-0.1, -0.05) is 12.1 Å². The number of methoxy groups -OCH3 is 2. The summed E-state index contributed by atoms with van der Waals surface area (Å²) >= 11 is 3.48. The third kappa shape index (κ3) is 3.08. The largest absolute Gasteiger partial charge is 0.496 e. The van der Waals surface area contributed by atoms with Crippen molar-refractivity contribution in [1.82, 2.24) is 9.97 Å². The quantitative estimate of drug-likeness (QED) is 0.714. The summed E-state index contributed by atoms with van der Waals surface area (Å²) in [6, 6.07) is 13.8. The van der Waals surface area contributed by atoms with Gasteiger partial charge >= 0.3 is 0 Å². The molecule has 0 aliphatic heterocycles. The maximum absolute atomic E-state index is 9.61. The molecule has 2 aromatic carbocycles. The monoisotopic (exact) mass is 385 g/mol. The van der Waals surface area contributed by atoms with Crippen LogP contribution in [0, 0.1) is 11.3 Å². The molecule has 1 N–H and O–H groups in total. The lowest BCUT2D eigenvalue weighted by atomic mass is 9.99. The van der Waals surface area contributed by atoms with Crippen LogP contribution in [-0.4, -0.2) is 24.2 Å². The number of nitrogens with one attached hydrogen (secondary N) is 1. The molecule has 1 aromatic heterocycles. The van der Waals surface area contributed by atoms with Gasteiger partial charge in [0, 0.05) is 6.07 Å². The van der Waals surface area contributed by atoms with Crippen LogP contribution in [0.25, 0.3) is 11.0 Å². The fourth-order valence-electron chi connectivity index (χ4n) is 2.64. The molecule has 24 heavy (non-hydrogen) atoms. The minimum absolute atomic E-state index is 0.397. The molecule has 3 rings (SSSR count). The zero-order valence-electron chi connectivity index (χ0n) is 13.3. The Morgan fingerprint density at radius 1 is 1.21 bits per heavy atom. The van der Waals surface area contributed by atoms with E-state index in [9.17, 15) is 5.26 Å². The third-order valence-electron chi connectivity index (χ3n) is 3.87.